The van der Waals surface area contributed by atoms with Crippen molar-refractivity contribution < 1.29 is 23.9 Å². The summed E-state index contributed by atoms with van der Waals surface area (Å²) in [5.74, 6) is -1.09. The summed E-state index contributed by atoms with van der Waals surface area (Å²) >= 11 is 0. The summed E-state index contributed by atoms with van der Waals surface area (Å²) in [4.78, 5) is 43.6. The number of amides is 1. The van der Waals surface area contributed by atoms with E-state index in [0.717, 1.165) is 58.4 Å². The van der Waals surface area contributed by atoms with Gasteiger partial charge in [-0.15, -0.1) is 0 Å². The number of hydrogen-bond acceptors (Lipinski definition) is 5. The number of anilines is 1. The highest BCUT2D eigenvalue weighted by Crippen LogP contribution is 2.41. The Morgan fingerprint density at radius 2 is 1.89 bits per heavy atom. The smallest absolute Gasteiger partial charge is 0.308 e. The molecular weight excluding hydrogens is 568 g/mol. The molecule has 2 aliphatic rings. The molecule has 3 aromatic rings. The molecule has 45 heavy (non-hydrogen) atoms. The number of carboxylic acid groups (broad SMARTS) is 1. The third-order valence-corrected chi connectivity index (χ3v) is 8.99. The SMILES string of the molecule is CCCCN(C(=O)CN1CC(c2ccc3c(c2)CCO3)C(C(=O)O)C1CCn1ccccc1=O)c1cccc(C[N+](C)(C)C)c1. The van der Waals surface area contributed by atoms with Crippen LogP contribution in [0, 0.1) is 5.92 Å². The van der Waals surface area contributed by atoms with Crippen LogP contribution in [0.15, 0.2) is 71.7 Å². The molecule has 0 spiro atoms. The molecule has 3 unspecified atom stereocenters. The molecule has 2 aliphatic heterocycles. The molecule has 1 aromatic heterocycles. The highest BCUT2D eigenvalue weighted by molar-refractivity contribution is 5.95. The van der Waals surface area contributed by atoms with Crippen LogP contribution in [-0.2, 0) is 29.1 Å². The minimum atomic E-state index is -0.882. The maximum absolute atomic E-state index is 14.2. The number of carbonyl (C=O) groups is 2. The zero-order valence-electron chi connectivity index (χ0n) is 27.0. The number of aryl methyl sites for hydroxylation is 1. The second-order valence-corrected chi connectivity index (χ2v) is 13.5. The van der Waals surface area contributed by atoms with Gasteiger partial charge in [-0.2, -0.15) is 0 Å². The third-order valence-electron chi connectivity index (χ3n) is 8.99. The first kappa shape index (κ1) is 32.4. The highest BCUT2D eigenvalue weighted by atomic mass is 16.5. The van der Waals surface area contributed by atoms with Crippen molar-refractivity contribution >= 4 is 17.6 Å². The fourth-order valence-electron chi connectivity index (χ4n) is 6.89. The molecule has 0 saturated carbocycles. The topological polar surface area (TPSA) is 92.1 Å². The van der Waals surface area contributed by atoms with Crippen LogP contribution < -0.4 is 15.2 Å². The molecule has 5 rings (SSSR count). The molecule has 1 fully saturated rings. The third kappa shape index (κ3) is 7.83. The number of unbranched alkanes of at least 4 members (excludes halogenated alkanes) is 1. The van der Waals surface area contributed by atoms with Crippen LogP contribution in [0.25, 0.3) is 0 Å². The first-order valence-electron chi connectivity index (χ1n) is 16.1. The molecule has 9 heteroatoms. The van der Waals surface area contributed by atoms with Crippen LogP contribution in [0.5, 0.6) is 5.75 Å². The number of pyridine rings is 1. The van der Waals surface area contributed by atoms with E-state index in [1.807, 2.05) is 29.2 Å². The average molecular weight is 616 g/mol. The van der Waals surface area contributed by atoms with Crippen LogP contribution in [0.4, 0.5) is 5.69 Å². The lowest BCUT2D eigenvalue weighted by Crippen LogP contribution is -2.45. The Bertz CT molecular complexity index is 1560. The molecule has 1 saturated heterocycles. The van der Waals surface area contributed by atoms with Crippen molar-refractivity contribution in [3.63, 3.8) is 0 Å². The minimum Gasteiger partial charge on any atom is -0.493 e. The molecule has 0 aliphatic carbocycles. The van der Waals surface area contributed by atoms with Gasteiger partial charge >= 0.3 is 5.97 Å². The number of hydrogen-bond donors (Lipinski definition) is 1. The normalized spacial score (nSPS) is 19.7. The standard InChI is InChI=1S/C36H46N4O5/c1-5-6-18-39(29-11-9-10-26(21-29)25-40(2,3)4)34(42)24-38-23-30(27-13-14-32-28(22-27)16-20-45-32)35(36(43)44)31(38)15-19-37-17-8-7-12-33(37)41/h7-14,17,21-22,30-31,35H,5-6,15-16,18-20,23-25H2,1-4H3/p+1. The fourth-order valence-corrected chi connectivity index (χ4v) is 6.89. The number of aliphatic carboxylic acids is 1. The molecule has 2 aromatic carbocycles. The van der Waals surface area contributed by atoms with Gasteiger partial charge < -0.3 is 23.8 Å². The number of ether oxygens (including phenoxy) is 1. The summed E-state index contributed by atoms with van der Waals surface area (Å²) in [5.41, 5.74) is 3.96. The zero-order valence-corrected chi connectivity index (χ0v) is 27.0. The van der Waals surface area contributed by atoms with Gasteiger partial charge in [-0.25, -0.2) is 0 Å². The Balaban J connectivity index is 1.45. The number of aromatic nitrogens is 1. The maximum Gasteiger partial charge on any atom is 0.308 e. The zero-order chi connectivity index (χ0) is 32.1. The van der Waals surface area contributed by atoms with Crippen molar-refractivity contribution in [2.75, 3.05) is 52.3 Å². The lowest BCUT2D eigenvalue weighted by molar-refractivity contribution is -0.884. The monoisotopic (exact) mass is 615 g/mol. The van der Waals surface area contributed by atoms with Crippen LogP contribution in [-0.4, -0.2) is 84.4 Å². The Morgan fingerprint density at radius 1 is 1.07 bits per heavy atom. The summed E-state index contributed by atoms with van der Waals surface area (Å²) in [7, 11) is 6.44. The number of carbonyl (C=O) groups excluding carboxylic acids is 1. The van der Waals surface area contributed by atoms with E-state index in [2.05, 4.69) is 51.2 Å². The largest absolute Gasteiger partial charge is 0.493 e. The van der Waals surface area contributed by atoms with E-state index in [0.29, 0.717) is 32.7 Å². The first-order chi connectivity index (χ1) is 21.5. The Hall–Kier alpha value is -3.95. The van der Waals surface area contributed by atoms with Crippen molar-refractivity contribution in [2.24, 2.45) is 5.92 Å². The summed E-state index contributed by atoms with van der Waals surface area (Å²) in [5, 5.41) is 10.6. The van der Waals surface area contributed by atoms with E-state index in [-0.39, 0.29) is 23.9 Å². The predicted octanol–water partition coefficient (Wildman–Crippen LogP) is 4.38. The van der Waals surface area contributed by atoms with Crippen LogP contribution in [0.1, 0.15) is 48.8 Å². The van der Waals surface area contributed by atoms with Crippen molar-refractivity contribution in [1.29, 1.82) is 0 Å². The van der Waals surface area contributed by atoms with Crippen LogP contribution in [0.2, 0.25) is 0 Å². The molecular formula is C36H47N4O5+. The summed E-state index contributed by atoms with van der Waals surface area (Å²) in [6.07, 6.45) is 4.79. The average Bonchev–Trinajstić information content (AvgIpc) is 3.60. The van der Waals surface area contributed by atoms with Gasteiger partial charge in [-0.1, -0.05) is 43.7 Å². The molecule has 0 bridgehead atoms. The van der Waals surface area contributed by atoms with Gasteiger partial charge in [0.2, 0.25) is 11.5 Å². The van der Waals surface area contributed by atoms with Gasteiger partial charge in [-0.3, -0.25) is 19.3 Å². The van der Waals surface area contributed by atoms with Crippen LogP contribution >= 0.6 is 0 Å². The molecule has 1 amide bonds. The van der Waals surface area contributed by atoms with E-state index >= 15 is 0 Å². The lowest BCUT2D eigenvalue weighted by Gasteiger charge is -2.30. The maximum atomic E-state index is 14.2. The number of likely N-dealkylation sites (tertiary alicyclic amines) is 1. The molecule has 9 nitrogen and oxygen atoms in total. The number of nitrogens with zero attached hydrogens (tertiary/aromatic N) is 4. The Morgan fingerprint density at radius 3 is 2.62 bits per heavy atom. The van der Waals surface area contributed by atoms with Crippen molar-refractivity contribution in [3.8, 4) is 5.75 Å². The molecule has 0 radical (unpaired) electrons. The van der Waals surface area contributed by atoms with Gasteiger partial charge in [0.25, 0.3) is 0 Å². The number of quaternary nitrogens is 1. The quantitative estimate of drug-likeness (QED) is 0.287. The number of fused-ring (bicyclic) bond motifs is 1. The molecule has 240 valence electrons. The van der Waals surface area contributed by atoms with Gasteiger partial charge in [-0.05, 0) is 48.2 Å². The van der Waals surface area contributed by atoms with E-state index < -0.39 is 17.9 Å². The second kappa shape index (κ2) is 14.0. The summed E-state index contributed by atoms with van der Waals surface area (Å²) in [6.45, 7) is 5.09. The van der Waals surface area contributed by atoms with Gasteiger partial charge in [0.05, 0.1) is 40.2 Å². The van der Waals surface area contributed by atoms with Gasteiger partial charge in [0, 0.05) is 61.5 Å². The number of benzene rings is 2. The van der Waals surface area contributed by atoms with Crippen molar-refractivity contribution in [2.45, 2.75) is 57.7 Å². The summed E-state index contributed by atoms with van der Waals surface area (Å²) in [6, 6.07) is 18.8. The van der Waals surface area contributed by atoms with E-state index in [9.17, 15) is 19.5 Å². The lowest BCUT2D eigenvalue weighted by atomic mass is 9.83. The Kier molecular flexibility index (Phi) is 10.1. The predicted molar refractivity (Wildman–Crippen MR) is 176 cm³/mol. The second-order valence-electron chi connectivity index (χ2n) is 13.5. The summed E-state index contributed by atoms with van der Waals surface area (Å²) < 4.78 is 8.10. The van der Waals surface area contributed by atoms with Crippen LogP contribution in [0.3, 0.4) is 0 Å². The van der Waals surface area contributed by atoms with Gasteiger partial charge in [0.15, 0.2) is 0 Å². The van der Waals surface area contributed by atoms with E-state index in [1.165, 1.54) is 6.07 Å². The number of rotatable bonds is 13. The highest BCUT2D eigenvalue weighted by Gasteiger charge is 2.47. The van der Waals surface area contributed by atoms with Crippen molar-refractivity contribution in [3.05, 3.63) is 93.9 Å². The van der Waals surface area contributed by atoms with Gasteiger partial charge in [0.1, 0.15) is 12.3 Å². The van der Waals surface area contributed by atoms with E-state index in [1.54, 1.807) is 22.9 Å². The molecule has 3 heterocycles. The minimum absolute atomic E-state index is 0.0418. The Labute approximate surface area is 266 Å². The first-order valence-corrected chi connectivity index (χ1v) is 16.1. The fraction of sp³-hybridized carbons (Fsp3) is 0.472. The van der Waals surface area contributed by atoms with E-state index in [4.69, 9.17) is 4.74 Å². The molecule has 1 N–H and O–H groups in total. The van der Waals surface area contributed by atoms with Crippen molar-refractivity contribution in [1.82, 2.24) is 9.47 Å². The number of carboxylic acids is 1. The molecule has 3 atom stereocenters.